The highest BCUT2D eigenvalue weighted by molar-refractivity contribution is 14.1. The van der Waals surface area contributed by atoms with Crippen molar-refractivity contribution in [3.63, 3.8) is 0 Å². The van der Waals surface area contributed by atoms with E-state index in [0.717, 1.165) is 44.6 Å². The molecule has 3 heterocycles. The van der Waals surface area contributed by atoms with Crippen molar-refractivity contribution in [1.29, 1.82) is 0 Å². The first-order chi connectivity index (χ1) is 16.5. The van der Waals surface area contributed by atoms with Crippen LogP contribution in [-0.4, -0.2) is 51.7 Å². The SMILES string of the molecule is CC(C)(O)CCC1CC(C(=O)N2C[C@H](c3nc4c5cc(F)cc(F)c5nc(N)n4n3)CC[C@@H]2I)C1. The van der Waals surface area contributed by atoms with Crippen LogP contribution >= 0.6 is 22.6 Å². The molecule has 2 fully saturated rings. The van der Waals surface area contributed by atoms with E-state index in [4.69, 9.17) is 5.73 Å². The van der Waals surface area contributed by atoms with E-state index in [-0.39, 0.29) is 44.3 Å². The van der Waals surface area contributed by atoms with Crippen LogP contribution in [0, 0.1) is 23.5 Å². The summed E-state index contributed by atoms with van der Waals surface area (Å²) in [5, 5.41) is 14.7. The van der Waals surface area contributed by atoms with Crippen LogP contribution in [0.5, 0.6) is 0 Å². The van der Waals surface area contributed by atoms with Crippen LogP contribution in [-0.2, 0) is 4.79 Å². The summed E-state index contributed by atoms with van der Waals surface area (Å²) in [7, 11) is 0. The number of piperidine rings is 1. The van der Waals surface area contributed by atoms with Gasteiger partial charge in [0.15, 0.2) is 17.3 Å². The fourth-order valence-electron chi connectivity index (χ4n) is 5.19. The molecular formula is C24H29F2IN6O2. The smallest absolute Gasteiger partial charge is 0.226 e. The van der Waals surface area contributed by atoms with Gasteiger partial charge in [-0.15, -0.1) is 5.10 Å². The number of aromatic nitrogens is 4. The minimum Gasteiger partial charge on any atom is -0.390 e. The molecule has 35 heavy (non-hydrogen) atoms. The third-order valence-corrected chi connectivity index (χ3v) is 8.54. The van der Waals surface area contributed by atoms with Crippen LogP contribution in [0.25, 0.3) is 16.6 Å². The number of nitrogens with zero attached hydrogens (tertiary/aromatic N) is 5. The molecule has 8 nitrogen and oxygen atoms in total. The highest BCUT2D eigenvalue weighted by atomic mass is 127. The highest BCUT2D eigenvalue weighted by Crippen LogP contribution is 2.41. The lowest BCUT2D eigenvalue weighted by Gasteiger charge is -2.42. The Bertz CT molecular complexity index is 1290. The molecule has 1 aliphatic heterocycles. The third kappa shape index (κ3) is 4.81. The topological polar surface area (TPSA) is 110 Å². The van der Waals surface area contributed by atoms with Gasteiger partial charge in [0.25, 0.3) is 0 Å². The Kier molecular flexibility index (Phi) is 6.35. The summed E-state index contributed by atoms with van der Waals surface area (Å²) in [6.07, 6.45) is 4.98. The number of amides is 1. The minimum atomic E-state index is -0.803. The van der Waals surface area contributed by atoms with Gasteiger partial charge in [-0.2, -0.15) is 4.52 Å². The molecule has 3 aromatic rings. The number of anilines is 1. The van der Waals surface area contributed by atoms with Gasteiger partial charge in [-0.3, -0.25) is 4.79 Å². The van der Waals surface area contributed by atoms with E-state index in [2.05, 4.69) is 37.7 Å². The number of benzene rings is 1. The van der Waals surface area contributed by atoms with E-state index < -0.39 is 17.2 Å². The van der Waals surface area contributed by atoms with Crippen LogP contribution in [0.1, 0.15) is 64.1 Å². The molecule has 2 aromatic heterocycles. The Labute approximate surface area is 215 Å². The summed E-state index contributed by atoms with van der Waals surface area (Å²) < 4.78 is 29.6. The molecule has 1 saturated carbocycles. The second-order valence-corrected chi connectivity index (χ2v) is 12.0. The van der Waals surface area contributed by atoms with Crippen molar-refractivity contribution in [3.05, 3.63) is 29.6 Å². The highest BCUT2D eigenvalue weighted by Gasteiger charge is 2.41. The van der Waals surface area contributed by atoms with Gasteiger partial charge in [0.1, 0.15) is 11.3 Å². The molecule has 1 aliphatic carbocycles. The molecule has 1 aromatic carbocycles. The molecule has 11 heteroatoms. The molecule has 0 bridgehead atoms. The van der Waals surface area contributed by atoms with E-state index in [1.807, 2.05) is 18.7 Å². The average Bonchev–Trinajstić information content (AvgIpc) is 3.19. The Hall–Kier alpha value is -2.15. The van der Waals surface area contributed by atoms with Crippen LogP contribution in [0.2, 0.25) is 0 Å². The number of nitrogen functional groups attached to an aromatic ring is 1. The molecule has 2 atom stereocenters. The summed E-state index contributed by atoms with van der Waals surface area (Å²) in [4.78, 5) is 23.9. The van der Waals surface area contributed by atoms with E-state index >= 15 is 0 Å². The first kappa shape index (κ1) is 24.5. The lowest BCUT2D eigenvalue weighted by atomic mass is 9.71. The summed E-state index contributed by atoms with van der Waals surface area (Å²) in [5.74, 6) is -0.516. The fraction of sp³-hybridized carbons (Fsp3) is 0.583. The number of halogens is 3. The Morgan fingerprint density at radius 2 is 2.00 bits per heavy atom. The molecule has 0 spiro atoms. The van der Waals surface area contributed by atoms with Gasteiger partial charge < -0.3 is 15.7 Å². The minimum absolute atomic E-state index is 0.0154. The molecule has 3 N–H and O–H groups in total. The predicted octanol–water partition coefficient (Wildman–Crippen LogP) is 4.18. The zero-order chi connectivity index (χ0) is 25.1. The summed E-state index contributed by atoms with van der Waals surface area (Å²) in [6.45, 7) is 4.12. The molecule has 188 valence electrons. The number of nitrogens with two attached hydrogens (primary N) is 1. The van der Waals surface area contributed by atoms with Crippen LogP contribution in [0.15, 0.2) is 12.1 Å². The van der Waals surface area contributed by atoms with Crippen LogP contribution in [0.4, 0.5) is 14.7 Å². The maximum absolute atomic E-state index is 14.3. The molecular weight excluding hydrogens is 569 g/mol. The van der Waals surface area contributed by atoms with Crippen molar-refractivity contribution < 1.29 is 18.7 Å². The first-order valence-electron chi connectivity index (χ1n) is 12.0. The van der Waals surface area contributed by atoms with E-state index in [1.54, 1.807) is 0 Å². The molecule has 2 aliphatic rings. The second-order valence-electron chi connectivity index (χ2n) is 10.5. The summed E-state index contributed by atoms with van der Waals surface area (Å²) in [6, 6.07) is 1.95. The Balaban J connectivity index is 1.34. The van der Waals surface area contributed by atoms with E-state index in [9.17, 15) is 18.7 Å². The summed E-state index contributed by atoms with van der Waals surface area (Å²) in [5.41, 5.74) is 5.54. The molecule has 0 unspecified atom stereocenters. The van der Waals surface area contributed by atoms with Crippen molar-refractivity contribution in [2.75, 3.05) is 12.3 Å². The molecule has 1 saturated heterocycles. The van der Waals surface area contributed by atoms with Crippen molar-refractivity contribution in [2.45, 2.75) is 67.9 Å². The third-order valence-electron chi connectivity index (χ3n) is 7.24. The number of rotatable bonds is 5. The standard InChI is InChI=1S/C24H29F2IN6O2/c1-24(2,35)6-5-12-7-14(8-12)22(34)32-11-13(3-4-18(32)27)20-30-21-16-9-15(25)10-17(26)19(16)29-23(28)33(21)31-20/h9-10,12-14,18,35H,3-8,11H2,1-2H3,(H2,28,29)/t12?,13-,14?,18-/m1/s1. The van der Waals surface area contributed by atoms with Gasteiger partial charge >= 0.3 is 0 Å². The zero-order valence-electron chi connectivity index (χ0n) is 19.7. The van der Waals surface area contributed by atoms with Gasteiger partial charge in [0.05, 0.1) is 15.0 Å². The fourth-order valence-corrected chi connectivity index (χ4v) is 6.05. The van der Waals surface area contributed by atoms with Gasteiger partial charge in [-0.1, -0.05) is 22.6 Å². The number of hydrogen-bond donors (Lipinski definition) is 2. The van der Waals surface area contributed by atoms with Crippen molar-refractivity contribution in [2.24, 2.45) is 11.8 Å². The Morgan fingerprint density at radius 1 is 1.26 bits per heavy atom. The zero-order valence-corrected chi connectivity index (χ0v) is 21.9. The molecule has 5 rings (SSSR count). The Morgan fingerprint density at radius 3 is 2.71 bits per heavy atom. The van der Waals surface area contributed by atoms with E-state index in [1.165, 1.54) is 10.6 Å². The summed E-state index contributed by atoms with van der Waals surface area (Å²) >= 11 is 2.32. The normalized spacial score (nSPS) is 25.3. The van der Waals surface area contributed by atoms with Gasteiger partial charge in [-0.25, -0.2) is 18.7 Å². The maximum Gasteiger partial charge on any atom is 0.226 e. The largest absolute Gasteiger partial charge is 0.390 e. The number of carbonyl (C=O) groups excluding carboxylic acids is 1. The number of hydrogen-bond acceptors (Lipinski definition) is 6. The van der Waals surface area contributed by atoms with Gasteiger partial charge in [0.2, 0.25) is 11.9 Å². The predicted molar refractivity (Wildman–Crippen MR) is 136 cm³/mol. The number of fused-ring (bicyclic) bond motifs is 3. The second kappa shape index (κ2) is 9.06. The lowest BCUT2D eigenvalue weighted by molar-refractivity contribution is -0.142. The average molecular weight is 598 g/mol. The van der Waals surface area contributed by atoms with Crippen molar-refractivity contribution in [1.82, 2.24) is 24.5 Å². The number of likely N-dealkylation sites (tertiary alicyclic amines) is 1. The number of aliphatic hydroxyl groups is 1. The first-order valence-corrected chi connectivity index (χ1v) is 13.2. The monoisotopic (exact) mass is 598 g/mol. The van der Waals surface area contributed by atoms with Gasteiger partial charge in [0, 0.05) is 24.4 Å². The van der Waals surface area contributed by atoms with Crippen LogP contribution in [0.3, 0.4) is 0 Å². The lowest BCUT2D eigenvalue weighted by Crippen LogP contribution is -2.49. The molecule has 0 radical (unpaired) electrons. The van der Waals surface area contributed by atoms with E-state index in [0.29, 0.717) is 18.3 Å². The van der Waals surface area contributed by atoms with Crippen molar-refractivity contribution >= 4 is 51.0 Å². The number of carbonyl (C=O) groups is 1. The van der Waals surface area contributed by atoms with Crippen LogP contribution < -0.4 is 5.73 Å². The maximum atomic E-state index is 14.3. The van der Waals surface area contributed by atoms with Crippen molar-refractivity contribution in [3.8, 4) is 0 Å². The number of alkyl halides is 1. The quantitative estimate of drug-likeness (QED) is 0.259. The van der Waals surface area contributed by atoms with Gasteiger partial charge in [-0.05, 0) is 64.4 Å². The molecule has 1 amide bonds.